The number of carbonyl (C=O) groups is 1. The fourth-order valence-corrected chi connectivity index (χ4v) is 1.93. The van der Waals surface area contributed by atoms with Gasteiger partial charge in [-0.15, -0.1) is 0 Å². The first-order valence-electron chi connectivity index (χ1n) is 5.31. The molecule has 0 saturated heterocycles. The van der Waals surface area contributed by atoms with E-state index in [-0.39, 0.29) is 22.7 Å². The molecule has 19 heavy (non-hydrogen) atoms. The normalized spacial score (nSPS) is 10.2. The Morgan fingerprint density at radius 2 is 2.00 bits per heavy atom. The molecule has 0 unspecified atom stereocenters. The van der Waals surface area contributed by atoms with E-state index >= 15 is 0 Å². The van der Waals surface area contributed by atoms with Crippen LogP contribution >= 0.6 is 15.9 Å². The van der Waals surface area contributed by atoms with Crippen molar-refractivity contribution in [1.29, 1.82) is 0 Å². The molecular weight excluding hydrogens is 315 g/mol. The average molecular weight is 325 g/mol. The lowest BCUT2D eigenvalue weighted by Crippen LogP contribution is -2.12. The highest BCUT2D eigenvalue weighted by molar-refractivity contribution is 9.10. The molecule has 0 aliphatic heterocycles. The van der Waals surface area contributed by atoms with Crippen molar-refractivity contribution in [3.05, 3.63) is 52.3 Å². The van der Waals surface area contributed by atoms with E-state index in [0.717, 1.165) is 12.1 Å². The number of aromatic hydroxyl groups is 1. The van der Waals surface area contributed by atoms with Crippen molar-refractivity contribution >= 4 is 33.2 Å². The molecule has 0 aliphatic carbocycles. The Morgan fingerprint density at radius 3 is 2.68 bits per heavy atom. The number of nitrogens with one attached hydrogen (secondary N) is 1. The van der Waals surface area contributed by atoms with E-state index in [1.807, 2.05) is 0 Å². The second kappa shape index (κ2) is 5.27. The standard InChI is InChI=1S/C13H10BrFN2O2/c14-7-1-2-12(18)11(3-7)13(19)17-10-5-8(15)4-9(16)6-10/h1-6,18H,16H2,(H,17,19). The Kier molecular flexibility index (Phi) is 3.71. The zero-order valence-corrected chi connectivity index (χ0v) is 11.2. The maximum absolute atomic E-state index is 13.1. The monoisotopic (exact) mass is 324 g/mol. The fourth-order valence-electron chi connectivity index (χ4n) is 1.57. The van der Waals surface area contributed by atoms with Crippen molar-refractivity contribution in [2.75, 3.05) is 11.1 Å². The lowest BCUT2D eigenvalue weighted by Gasteiger charge is -2.08. The molecule has 2 aromatic carbocycles. The number of nitrogens with two attached hydrogens (primary N) is 1. The smallest absolute Gasteiger partial charge is 0.259 e. The summed E-state index contributed by atoms with van der Waals surface area (Å²) in [6, 6.07) is 8.17. The Morgan fingerprint density at radius 1 is 1.26 bits per heavy atom. The van der Waals surface area contributed by atoms with Crippen molar-refractivity contribution in [1.82, 2.24) is 0 Å². The summed E-state index contributed by atoms with van der Waals surface area (Å²) < 4.78 is 13.8. The van der Waals surface area contributed by atoms with E-state index < -0.39 is 11.7 Å². The summed E-state index contributed by atoms with van der Waals surface area (Å²) in [5.41, 5.74) is 5.99. The first kappa shape index (κ1) is 13.4. The van der Waals surface area contributed by atoms with Crippen LogP contribution in [0.3, 0.4) is 0 Å². The van der Waals surface area contributed by atoms with Gasteiger partial charge in [-0.3, -0.25) is 4.79 Å². The predicted molar refractivity (Wildman–Crippen MR) is 74.6 cm³/mol. The Labute approximate surface area is 117 Å². The van der Waals surface area contributed by atoms with Gasteiger partial charge in [-0.2, -0.15) is 0 Å². The van der Waals surface area contributed by atoms with E-state index in [4.69, 9.17) is 5.73 Å². The molecule has 0 aliphatic rings. The molecule has 2 rings (SSSR count). The van der Waals surface area contributed by atoms with Crippen LogP contribution in [0, 0.1) is 5.82 Å². The van der Waals surface area contributed by atoms with E-state index in [1.165, 1.54) is 18.2 Å². The minimum atomic E-state index is -0.552. The van der Waals surface area contributed by atoms with E-state index in [1.54, 1.807) is 6.07 Å². The van der Waals surface area contributed by atoms with Crippen LogP contribution in [0.1, 0.15) is 10.4 Å². The Hall–Kier alpha value is -2.08. The quantitative estimate of drug-likeness (QED) is 0.743. The number of benzene rings is 2. The molecule has 6 heteroatoms. The van der Waals surface area contributed by atoms with Crippen molar-refractivity contribution in [3.8, 4) is 5.75 Å². The third kappa shape index (κ3) is 3.23. The molecule has 1 amide bonds. The van der Waals surface area contributed by atoms with Crippen LogP contribution < -0.4 is 11.1 Å². The third-order valence-electron chi connectivity index (χ3n) is 2.38. The van der Waals surface area contributed by atoms with Crippen molar-refractivity contribution < 1.29 is 14.3 Å². The fraction of sp³-hybridized carbons (Fsp3) is 0. The highest BCUT2D eigenvalue weighted by Crippen LogP contribution is 2.23. The van der Waals surface area contributed by atoms with Gasteiger partial charge in [0.2, 0.25) is 0 Å². The lowest BCUT2D eigenvalue weighted by molar-refractivity contribution is 0.102. The topological polar surface area (TPSA) is 75.3 Å². The summed E-state index contributed by atoms with van der Waals surface area (Å²) in [5.74, 6) is -1.26. The molecule has 0 fully saturated rings. The van der Waals surface area contributed by atoms with Gasteiger partial charge in [-0.1, -0.05) is 15.9 Å². The zero-order chi connectivity index (χ0) is 14.0. The number of amides is 1. The molecule has 4 N–H and O–H groups in total. The van der Waals surface area contributed by atoms with Crippen LogP contribution in [0.25, 0.3) is 0 Å². The van der Waals surface area contributed by atoms with Crippen molar-refractivity contribution in [2.45, 2.75) is 0 Å². The molecule has 0 atom stereocenters. The van der Waals surface area contributed by atoms with Crippen LogP contribution in [0.4, 0.5) is 15.8 Å². The van der Waals surface area contributed by atoms with Gasteiger partial charge in [0.1, 0.15) is 11.6 Å². The summed E-state index contributed by atoms with van der Waals surface area (Å²) in [4.78, 5) is 12.0. The van der Waals surface area contributed by atoms with Gasteiger partial charge in [-0.25, -0.2) is 4.39 Å². The molecule has 98 valence electrons. The molecule has 0 aromatic heterocycles. The second-order valence-electron chi connectivity index (χ2n) is 3.89. The van der Waals surface area contributed by atoms with Crippen LogP contribution in [-0.4, -0.2) is 11.0 Å². The Balaban J connectivity index is 2.28. The van der Waals surface area contributed by atoms with Gasteiger partial charge in [0, 0.05) is 15.8 Å². The number of phenols is 1. The van der Waals surface area contributed by atoms with E-state index in [0.29, 0.717) is 4.47 Å². The average Bonchev–Trinajstić information content (AvgIpc) is 2.30. The maximum Gasteiger partial charge on any atom is 0.259 e. The molecule has 0 saturated carbocycles. The van der Waals surface area contributed by atoms with Crippen molar-refractivity contribution in [2.24, 2.45) is 0 Å². The van der Waals surface area contributed by atoms with E-state index in [9.17, 15) is 14.3 Å². The summed E-state index contributed by atoms with van der Waals surface area (Å²) in [6.45, 7) is 0. The zero-order valence-electron chi connectivity index (χ0n) is 9.65. The van der Waals surface area contributed by atoms with Crippen molar-refractivity contribution in [3.63, 3.8) is 0 Å². The molecule has 0 heterocycles. The van der Waals surface area contributed by atoms with Gasteiger partial charge < -0.3 is 16.2 Å². The first-order valence-corrected chi connectivity index (χ1v) is 6.11. The number of hydrogen-bond acceptors (Lipinski definition) is 3. The summed E-state index contributed by atoms with van der Waals surface area (Å²) in [6.07, 6.45) is 0. The third-order valence-corrected chi connectivity index (χ3v) is 2.87. The summed E-state index contributed by atoms with van der Waals surface area (Å²) >= 11 is 3.20. The van der Waals surface area contributed by atoms with E-state index in [2.05, 4.69) is 21.2 Å². The van der Waals surface area contributed by atoms with Crippen LogP contribution in [0.5, 0.6) is 5.75 Å². The number of anilines is 2. The van der Waals surface area contributed by atoms with Gasteiger partial charge in [0.25, 0.3) is 5.91 Å². The summed E-state index contributed by atoms with van der Waals surface area (Å²) in [5, 5.41) is 12.1. The minimum absolute atomic E-state index is 0.0807. The molecular formula is C13H10BrFN2O2. The van der Waals surface area contributed by atoms with Gasteiger partial charge >= 0.3 is 0 Å². The molecule has 2 aromatic rings. The first-order chi connectivity index (χ1) is 8.95. The maximum atomic E-state index is 13.1. The highest BCUT2D eigenvalue weighted by Gasteiger charge is 2.12. The van der Waals surface area contributed by atoms with Crippen LogP contribution in [-0.2, 0) is 0 Å². The SMILES string of the molecule is Nc1cc(F)cc(NC(=O)c2cc(Br)ccc2O)c1. The van der Waals surface area contributed by atoms with Crippen LogP contribution in [0.15, 0.2) is 40.9 Å². The summed E-state index contributed by atoms with van der Waals surface area (Å²) in [7, 11) is 0. The predicted octanol–water partition coefficient (Wildman–Crippen LogP) is 3.13. The molecule has 0 spiro atoms. The van der Waals surface area contributed by atoms with Gasteiger partial charge in [-0.05, 0) is 36.4 Å². The second-order valence-corrected chi connectivity index (χ2v) is 4.80. The van der Waals surface area contributed by atoms with Crippen LogP contribution in [0.2, 0.25) is 0 Å². The Bertz CT molecular complexity index is 626. The number of nitrogen functional groups attached to an aromatic ring is 1. The van der Waals surface area contributed by atoms with Gasteiger partial charge in [0.05, 0.1) is 5.56 Å². The molecule has 0 radical (unpaired) electrons. The number of carbonyl (C=O) groups excluding carboxylic acids is 1. The lowest BCUT2D eigenvalue weighted by atomic mass is 10.2. The number of hydrogen-bond donors (Lipinski definition) is 3. The minimum Gasteiger partial charge on any atom is -0.507 e. The molecule has 0 bridgehead atoms. The van der Waals surface area contributed by atoms with Gasteiger partial charge in [0.15, 0.2) is 0 Å². The number of rotatable bonds is 2. The largest absolute Gasteiger partial charge is 0.507 e. The number of halogens is 2. The number of phenolic OH excluding ortho intramolecular Hbond substituents is 1. The highest BCUT2D eigenvalue weighted by atomic mass is 79.9. The molecule has 4 nitrogen and oxygen atoms in total.